The summed E-state index contributed by atoms with van der Waals surface area (Å²) in [6.45, 7) is 2.73. The van der Waals surface area contributed by atoms with Crippen LogP contribution in [0.15, 0.2) is 202 Å². The summed E-state index contributed by atoms with van der Waals surface area (Å²) in [6, 6.07) is 57.2. The maximum atomic E-state index is 6.66. The van der Waals surface area contributed by atoms with E-state index in [0.717, 1.165) is 78.6 Å². The molecule has 59 heavy (non-hydrogen) atoms. The Morgan fingerprint density at radius 1 is 0.695 bits per heavy atom. The number of guanidine groups is 1. The van der Waals surface area contributed by atoms with Crippen LogP contribution in [0.3, 0.4) is 0 Å². The largest absolute Gasteiger partial charge is 0.454 e. The average Bonchev–Trinajstić information content (AvgIpc) is 3.84. The zero-order valence-corrected chi connectivity index (χ0v) is 33.1. The molecule has 286 valence electrons. The van der Waals surface area contributed by atoms with Crippen LogP contribution in [0.2, 0.25) is 0 Å². The van der Waals surface area contributed by atoms with Crippen LogP contribution in [0, 0.1) is 5.92 Å². The Bertz CT molecular complexity index is 3160. The zero-order valence-electron chi connectivity index (χ0n) is 33.1. The molecule has 7 aromatic carbocycles. The summed E-state index contributed by atoms with van der Waals surface area (Å²) in [6.07, 6.45) is 7.70. The summed E-state index contributed by atoms with van der Waals surface area (Å²) in [5.41, 5.74) is 19.1. The molecular formula is C53H43N5O. The maximum Gasteiger partial charge on any atom is 0.227 e. The Morgan fingerprint density at radius 2 is 1.39 bits per heavy atom. The van der Waals surface area contributed by atoms with E-state index < -0.39 is 0 Å². The smallest absolute Gasteiger partial charge is 0.227 e. The molecule has 6 heteroatoms. The predicted molar refractivity (Wildman–Crippen MR) is 248 cm³/mol. The summed E-state index contributed by atoms with van der Waals surface area (Å²) in [5.74, 6) is 1.48. The van der Waals surface area contributed by atoms with Gasteiger partial charge >= 0.3 is 0 Å². The highest BCUT2D eigenvalue weighted by molar-refractivity contribution is 6.14. The molecule has 2 N–H and O–H groups in total. The van der Waals surface area contributed by atoms with Gasteiger partial charge in [-0.05, 0) is 71.0 Å². The van der Waals surface area contributed by atoms with Crippen LogP contribution in [0.1, 0.15) is 18.9 Å². The van der Waals surface area contributed by atoms with Gasteiger partial charge in [-0.25, -0.2) is 4.99 Å². The van der Waals surface area contributed by atoms with Crippen molar-refractivity contribution in [2.24, 2.45) is 21.6 Å². The summed E-state index contributed by atoms with van der Waals surface area (Å²) in [7, 11) is 2.03. The lowest BCUT2D eigenvalue weighted by Gasteiger charge is -2.23. The molecule has 6 nitrogen and oxygen atoms in total. The Morgan fingerprint density at radius 3 is 2.22 bits per heavy atom. The first-order chi connectivity index (χ1) is 29.0. The molecule has 10 rings (SSSR count). The molecule has 1 aliphatic rings. The van der Waals surface area contributed by atoms with E-state index in [1.807, 2.05) is 49.5 Å². The molecule has 1 aliphatic carbocycles. The van der Waals surface area contributed by atoms with Crippen molar-refractivity contribution in [1.29, 1.82) is 0 Å². The quantitative estimate of drug-likeness (QED) is 0.130. The summed E-state index contributed by atoms with van der Waals surface area (Å²) >= 11 is 0. The molecule has 0 fully saturated rings. The van der Waals surface area contributed by atoms with Crippen LogP contribution >= 0.6 is 0 Å². The Kier molecular flexibility index (Phi) is 9.22. The number of para-hydroxylation sites is 4. The molecule has 0 bridgehead atoms. The number of anilines is 1. The molecule has 9 aromatic rings. The number of furan rings is 1. The van der Waals surface area contributed by atoms with Gasteiger partial charge in [-0.3, -0.25) is 0 Å². The Labute approximate surface area is 343 Å². The summed E-state index contributed by atoms with van der Waals surface area (Å²) in [5, 5.41) is 4.58. The number of amidine groups is 1. The third-order valence-electron chi connectivity index (χ3n) is 11.5. The minimum Gasteiger partial charge on any atom is -0.454 e. The molecule has 2 aromatic heterocycles. The van der Waals surface area contributed by atoms with Gasteiger partial charge in [0.2, 0.25) is 5.96 Å². The van der Waals surface area contributed by atoms with Crippen LogP contribution in [0.5, 0.6) is 0 Å². The van der Waals surface area contributed by atoms with Gasteiger partial charge < -0.3 is 19.6 Å². The van der Waals surface area contributed by atoms with Crippen molar-refractivity contribution in [2.45, 2.75) is 13.3 Å². The van der Waals surface area contributed by atoms with Crippen molar-refractivity contribution in [3.05, 3.63) is 193 Å². The van der Waals surface area contributed by atoms with Crippen LogP contribution < -0.4 is 10.6 Å². The lowest BCUT2D eigenvalue weighted by Crippen LogP contribution is -2.29. The molecule has 0 spiro atoms. The number of nitrogens with two attached hydrogens (primary N) is 1. The van der Waals surface area contributed by atoms with Crippen molar-refractivity contribution in [3.63, 3.8) is 0 Å². The lowest BCUT2D eigenvalue weighted by molar-refractivity contribution is 0.666. The summed E-state index contributed by atoms with van der Waals surface area (Å²) < 4.78 is 8.89. The molecule has 0 saturated carbocycles. The fourth-order valence-corrected chi connectivity index (χ4v) is 8.43. The predicted octanol–water partition coefficient (Wildman–Crippen LogP) is 12.7. The third-order valence-corrected chi connectivity index (χ3v) is 11.5. The van der Waals surface area contributed by atoms with Crippen LogP contribution in [-0.2, 0) is 0 Å². The minimum absolute atomic E-state index is 0.417. The second-order valence-electron chi connectivity index (χ2n) is 15.3. The number of aliphatic imine (C=N–C) groups is 2. The van der Waals surface area contributed by atoms with E-state index in [9.17, 15) is 0 Å². The number of aromatic nitrogens is 1. The monoisotopic (exact) mass is 765 g/mol. The average molecular weight is 766 g/mol. The number of fused-ring (bicyclic) bond motifs is 6. The first-order valence-electron chi connectivity index (χ1n) is 20.2. The van der Waals surface area contributed by atoms with Gasteiger partial charge in [0.05, 0.1) is 29.0 Å². The van der Waals surface area contributed by atoms with Gasteiger partial charge in [-0.15, -0.1) is 0 Å². The van der Waals surface area contributed by atoms with E-state index in [1.165, 1.54) is 16.3 Å². The van der Waals surface area contributed by atoms with Gasteiger partial charge in [-0.1, -0.05) is 153 Å². The summed E-state index contributed by atoms with van der Waals surface area (Å²) in [4.78, 5) is 12.1. The van der Waals surface area contributed by atoms with E-state index >= 15 is 0 Å². The number of nitrogens with zero attached hydrogens (tertiary/aromatic N) is 4. The molecule has 0 amide bonds. The number of benzene rings is 7. The van der Waals surface area contributed by atoms with Crippen molar-refractivity contribution >= 4 is 61.2 Å². The Hall–Kier alpha value is -7.44. The fourth-order valence-electron chi connectivity index (χ4n) is 8.43. The van der Waals surface area contributed by atoms with E-state index in [1.54, 1.807) is 0 Å². The lowest BCUT2D eigenvalue weighted by atomic mass is 9.92. The van der Waals surface area contributed by atoms with Gasteiger partial charge in [0.25, 0.3) is 0 Å². The van der Waals surface area contributed by atoms with Crippen molar-refractivity contribution < 1.29 is 4.42 Å². The molecule has 1 unspecified atom stereocenters. The number of hydrogen-bond donors (Lipinski definition) is 1. The molecular weight excluding hydrogens is 723 g/mol. The standard InChI is InChI=1S/C53H43N5O/c1-35-27-29-36(30-28-35)34-55-53(56-52(54)37-15-4-3-5-16-37)57(2)46-23-11-8-19-41(46)40-18-7-6-17-39(40)38-31-32-48-45(33-38)42-20-9-12-24-47(42)58(48)49-25-14-22-44-43-21-10-13-26-50(43)59-51(44)49/h3-27,29-33,35H,28,34H2,1-2H3,(H2,54,55,56). The van der Waals surface area contributed by atoms with Crippen molar-refractivity contribution in [2.75, 3.05) is 18.5 Å². The minimum atomic E-state index is 0.417. The fraction of sp³-hybridized carbons (Fsp3) is 0.0943. The molecule has 2 heterocycles. The van der Waals surface area contributed by atoms with E-state index in [4.69, 9.17) is 20.1 Å². The van der Waals surface area contributed by atoms with Crippen molar-refractivity contribution in [1.82, 2.24) is 4.57 Å². The highest BCUT2D eigenvalue weighted by Gasteiger charge is 2.21. The second-order valence-corrected chi connectivity index (χ2v) is 15.3. The van der Waals surface area contributed by atoms with E-state index in [-0.39, 0.29) is 0 Å². The third kappa shape index (κ3) is 6.58. The molecule has 0 saturated heterocycles. The second kappa shape index (κ2) is 15.1. The van der Waals surface area contributed by atoms with E-state index in [0.29, 0.717) is 24.3 Å². The first-order valence-corrected chi connectivity index (χ1v) is 20.2. The normalized spacial score (nSPS) is 14.7. The zero-order chi connectivity index (χ0) is 39.9. The highest BCUT2D eigenvalue weighted by Crippen LogP contribution is 2.42. The van der Waals surface area contributed by atoms with Crippen LogP contribution in [0.25, 0.3) is 71.7 Å². The van der Waals surface area contributed by atoms with Gasteiger partial charge in [0.15, 0.2) is 5.58 Å². The number of hydrogen-bond acceptors (Lipinski definition) is 2. The van der Waals surface area contributed by atoms with Gasteiger partial charge in [0.1, 0.15) is 11.4 Å². The van der Waals surface area contributed by atoms with E-state index in [2.05, 4.69) is 156 Å². The van der Waals surface area contributed by atoms with Gasteiger partial charge in [-0.2, -0.15) is 4.99 Å². The molecule has 0 aliphatic heterocycles. The van der Waals surface area contributed by atoms with Crippen LogP contribution in [-0.4, -0.2) is 30.0 Å². The Balaban J connectivity index is 1.08. The van der Waals surface area contributed by atoms with Gasteiger partial charge in [0, 0.05) is 39.7 Å². The topological polar surface area (TPSA) is 72.0 Å². The number of rotatable bonds is 7. The SMILES string of the molecule is CC1C=CC(CN=C(/N=C(\N)c2ccccc2)N(C)c2ccccc2-c2ccccc2-c2ccc3c(c2)c2ccccc2n3-c2cccc3c2oc2ccccc23)=CC1. The molecule has 1 atom stereocenters. The first kappa shape index (κ1) is 35.9. The van der Waals surface area contributed by atoms with Crippen LogP contribution in [0.4, 0.5) is 5.69 Å². The number of allylic oxidation sites excluding steroid dienone is 2. The highest BCUT2D eigenvalue weighted by atomic mass is 16.3. The maximum absolute atomic E-state index is 6.66. The van der Waals surface area contributed by atoms with Crippen molar-refractivity contribution in [3.8, 4) is 27.9 Å². The molecule has 0 radical (unpaired) electrons.